The van der Waals surface area contributed by atoms with E-state index in [9.17, 15) is 44.4 Å². The van der Waals surface area contributed by atoms with Crippen molar-refractivity contribution in [3.63, 3.8) is 0 Å². The molecule has 0 spiro atoms. The number of phenolic OH excluding ortho intramolecular Hbond substituents is 2. The highest BCUT2D eigenvalue weighted by Crippen LogP contribution is 2.45. The number of benzene rings is 3. The Bertz CT molecular complexity index is 2140. The maximum atomic E-state index is 13.6. The number of aliphatic hydroxyl groups is 1. The largest absolute Gasteiger partial charge is 0.507 e. The van der Waals surface area contributed by atoms with Crippen LogP contribution in [0.4, 0.5) is 0 Å². The van der Waals surface area contributed by atoms with Crippen LogP contribution in [0.2, 0.25) is 5.02 Å². The third-order valence-electron chi connectivity index (χ3n) is 9.10. The Morgan fingerprint density at radius 2 is 1.29 bits per heavy atom. The van der Waals surface area contributed by atoms with Crippen LogP contribution < -0.4 is 14.2 Å². The Morgan fingerprint density at radius 1 is 0.731 bits per heavy atom. The van der Waals surface area contributed by atoms with Gasteiger partial charge in [0, 0.05) is 11.6 Å². The van der Waals surface area contributed by atoms with Crippen LogP contribution in [0, 0.1) is 48.5 Å². The van der Waals surface area contributed by atoms with Gasteiger partial charge in [0.15, 0.2) is 17.3 Å². The summed E-state index contributed by atoms with van der Waals surface area (Å²) in [7, 11) is 1.17. The van der Waals surface area contributed by atoms with Crippen LogP contribution in [0.15, 0.2) is 34.0 Å². The number of carbonyl (C=O) groups excluding carboxylic acids is 4. The monoisotopic (exact) mass is 800 g/mol. The number of halogens is 2. The van der Waals surface area contributed by atoms with Crippen molar-refractivity contribution in [2.75, 3.05) is 7.11 Å². The van der Waals surface area contributed by atoms with E-state index in [1.54, 1.807) is 13.8 Å². The van der Waals surface area contributed by atoms with Gasteiger partial charge in [0.05, 0.1) is 17.7 Å². The molecule has 1 atom stereocenters. The number of aromatic hydroxyl groups is 2. The maximum absolute atomic E-state index is 13.6. The molecule has 0 saturated carbocycles. The molecule has 0 saturated heterocycles. The number of carboxylic acid groups (broad SMARTS) is 1. The second kappa shape index (κ2) is 14.4. The molecule has 4 N–H and O–H groups in total. The molecule has 4 rings (SSSR count). The first-order chi connectivity index (χ1) is 24.1. The van der Waals surface area contributed by atoms with Crippen molar-refractivity contribution in [3.05, 3.63) is 94.7 Å². The summed E-state index contributed by atoms with van der Waals surface area (Å²) in [6.45, 7) is 11.7. The van der Waals surface area contributed by atoms with Gasteiger partial charge < -0.3 is 39.4 Å². The number of hydrogen-bond donors (Lipinski definition) is 4. The summed E-state index contributed by atoms with van der Waals surface area (Å²) >= 11 is 9.56. The molecule has 274 valence electrons. The fourth-order valence-electron chi connectivity index (χ4n) is 5.76. The second-order valence-electron chi connectivity index (χ2n) is 12.2. The molecule has 0 amide bonds. The van der Waals surface area contributed by atoms with Crippen molar-refractivity contribution in [2.24, 2.45) is 0 Å². The number of aromatic carboxylic acids is 1. The Labute approximate surface area is 311 Å². The fraction of sp³-hybridized carbons (Fsp3) is 0.270. The highest BCUT2D eigenvalue weighted by atomic mass is 79.9. The molecule has 0 fully saturated rings. The number of phenols is 2. The normalized spacial score (nSPS) is 15.4. The molecule has 1 aliphatic rings. The number of carboxylic acids is 1. The van der Waals surface area contributed by atoms with E-state index in [4.69, 9.17) is 30.5 Å². The lowest BCUT2D eigenvalue weighted by Crippen LogP contribution is -2.47. The summed E-state index contributed by atoms with van der Waals surface area (Å²) < 4.78 is 21.5. The molecule has 0 aliphatic heterocycles. The van der Waals surface area contributed by atoms with E-state index >= 15 is 0 Å². The van der Waals surface area contributed by atoms with Gasteiger partial charge in [-0.2, -0.15) is 0 Å². The van der Waals surface area contributed by atoms with Gasteiger partial charge in [0.25, 0.3) is 0 Å². The van der Waals surface area contributed by atoms with E-state index in [0.29, 0.717) is 11.1 Å². The number of methoxy groups -OCH3 is 1. The van der Waals surface area contributed by atoms with Crippen LogP contribution in [-0.2, 0) is 14.3 Å². The third-order valence-corrected chi connectivity index (χ3v) is 10.3. The lowest BCUT2D eigenvalue weighted by molar-refractivity contribution is -0.151. The number of ketones is 1. The molecule has 13 nitrogen and oxygen atoms in total. The zero-order valence-electron chi connectivity index (χ0n) is 29.5. The van der Waals surface area contributed by atoms with Gasteiger partial charge in [0.1, 0.15) is 38.6 Å². The van der Waals surface area contributed by atoms with Gasteiger partial charge >= 0.3 is 23.9 Å². The topological polar surface area (TPSA) is 203 Å². The summed E-state index contributed by atoms with van der Waals surface area (Å²) in [6, 6.07) is 1.30. The Hall–Kier alpha value is -5.18. The average Bonchev–Trinajstić information content (AvgIpc) is 3.07. The van der Waals surface area contributed by atoms with Crippen molar-refractivity contribution in [1.29, 1.82) is 0 Å². The van der Waals surface area contributed by atoms with Crippen molar-refractivity contribution < 1.29 is 63.3 Å². The molecule has 0 aromatic heterocycles. The molecule has 52 heavy (non-hydrogen) atoms. The number of rotatable bonds is 8. The molecule has 0 unspecified atom stereocenters. The Kier molecular flexibility index (Phi) is 11.0. The van der Waals surface area contributed by atoms with Gasteiger partial charge in [-0.3, -0.25) is 4.79 Å². The first-order valence-electron chi connectivity index (χ1n) is 15.4. The second-order valence-corrected chi connectivity index (χ2v) is 13.3. The number of aryl methyl sites for hydroxylation is 1. The predicted octanol–water partition coefficient (Wildman–Crippen LogP) is 6.51. The Morgan fingerprint density at radius 3 is 1.87 bits per heavy atom. The van der Waals surface area contributed by atoms with Gasteiger partial charge in [-0.15, -0.1) is 0 Å². The molecule has 1 aliphatic carbocycles. The fourth-order valence-corrected chi connectivity index (χ4v) is 6.61. The number of esters is 3. The van der Waals surface area contributed by atoms with E-state index in [-0.39, 0.29) is 82.6 Å². The predicted molar refractivity (Wildman–Crippen MR) is 190 cm³/mol. The van der Waals surface area contributed by atoms with E-state index < -0.39 is 46.8 Å². The van der Waals surface area contributed by atoms with E-state index in [1.165, 1.54) is 54.7 Å². The van der Waals surface area contributed by atoms with Crippen LogP contribution in [0.3, 0.4) is 0 Å². The lowest BCUT2D eigenvalue weighted by atomic mass is 9.87. The Balaban J connectivity index is 1.66. The smallest absolute Gasteiger partial charge is 0.356 e. The first kappa shape index (κ1) is 39.6. The molecule has 3 aromatic rings. The van der Waals surface area contributed by atoms with E-state index in [2.05, 4.69) is 15.9 Å². The molecule has 0 bridgehead atoms. The maximum Gasteiger partial charge on any atom is 0.356 e. The minimum Gasteiger partial charge on any atom is -0.507 e. The quantitative estimate of drug-likeness (QED) is 0.142. The van der Waals surface area contributed by atoms with Crippen LogP contribution in [0.1, 0.15) is 76.9 Å². The highest BCUT2D eigenvalue weighted by Gasteiger charge is 2.48. The molecular weight excluding hydrogens is 768 g/mol. The SMILES string of the molecule is COC1=CC(=O)C=C(C)[C@]1(O)C(=O)Oc1c(C)c(C)c(C(=O)Oc2cc(C)c(C(=O)Oc3c(C)c(C)c(C(=O)O)c(C)c3Cl)c(O)c2C)c(O)c1Br. The molecule has 3 aromatic carbocycles. The number of carbonyl (C=O) groups is 5. The molecule has 0 radical (unpaired) electrons. The van der Waals surface area contributed by atoms with E-state index in [1.807, 2.05) is 0 Å². The van der Waals surface area contributed by atoms with Gasteiger partial charge in [-0.1, -0.05) is 11.6 Å². The number of ether oxygens (including phenoxy) is 4. The lowest BCUT2D eigenvalue weighted by Gasteiger charge is -2.30. The van der Waals surface area contributed by atoms with Crippen LogP contribution >= 0.6 is 27.5 Å². The summed E-state index contributed by atoms with van der Waals surface area (Å²) in [4.78, 5) is 64.0. The van der Waals surface area contributed by atoms with Crippen molar-refractivity contribution >= 4 is 57.2 Å². The average molecular weight is 802 g/mol. The number of allylic oxidation sites excluding steroid dienone is 2. The molecular formula is C37H34BrClO13. The van der Waals surface area contributed by atoms with Crippen molar-refractivity contribution in [3.8, 4) is 28.7 Å². The minimum atomic E-state index is -2.46. The molecule has 0 heterocycles. The van der Waals surface area contributed by atoms with Crippen molar-refractivity contribution in [2.45, 2.75) is 61.0 Å². The summed E-state index contributed by atoms with van der Waals surface area (Å²) in [6.07, 6.45) is 1.99. The summed E-state index contributed by atoms with van der Waals surface area (Å²) in [5.41, 5.74) is -1.90. The molecule has 15 heteroatoms. The zero-order chi connectivity index (χ0) is 39.3. The number of hydrogen-bond acceptors (Lipinski definition) is 12. The summed E-state index contributed by atoms with van der Waals surface area (Å²) in [5, 5.41) is 43.0. The zero-order valence-corrected chi connectivity index (χ0v) is 31.8. The standard InChI is InChI=1S/C37H34BrClO13/c1-13-10-22(19(7)29(41)24(13)34(45)51-32-18(6)15(3)25(33(43)44)20(8)28(32)39)50-35(46)26-16(4)17(5)31(27(38)30(26)42)52-36(47)37(48)14(2)11-21(40)12-23(37)49-9/h10-12,41-42,48H,1-9H3,(H,43,44)/t37-/m1/s1. The van der Waals surface area contributed by atoms with Crippen molar-refractivity contribution in [1.82, 2.24) is 0 Å². The van der Waals surface area contributed by atoms with E-state index in [0.717, 1.165) is 12.2 Å². The van der Waals surface area contributed by atoms with Gasteiger partial charge in [0.2, 0.25) is 5.60 Å². The third kappa shape index (κ3) is 6.53. The van der Waals surface area contributed by atoms with Crippen LogP contribution in [0.25, 0.3) is 0 Å². The summed E-state index contributed by atoms with van der Waals surface area (Å²) in [5.74, 6) is -7.15. The van der Waals surface area contributed by atoms with Crippen LogP contribution in [0.5, 0.6) is 28.7 Å². The van der Waals surface area contributed by atoms with Gasteiger partial charge in [-0.05, 0) is 122 Å². The van der Waals surface area contributed by atoms with Crippen LogP contribution in [-0.4, -0.2) is 62.8 Å². The minimum absolute atomic E-state index is 0.0233. The van der Waals surface area contributed by atoms with Gasteiger partial charge in [-0.25, -0.2) is 19.2 Å². The first-order valence-corrected chi connectivity index (χ1v) is 16.5. The highest BCUT2D eigenvalue weighted by molar-refractivity contribution is 9.10.